The highest BCUT2D eigenvalue weighted by Gasteiger charge is 2.32. The fourth-order valence-corrected chi connectivity index (χ4v) is 2.99. The molecule has 0 bridgehead atoms. The SMILES string of the molecule is CNCC1(Cc2cc(C)ccc2C)CCOCC1. The summed E-state index contributed by atoms with van der Waals surface area (Å²) in [5.74, 6) is 0. The summed E-state index contributed by atoms with van der Waals surface area (Å²) in [6, 6.07) is 6.80. The Morgan fingerprint density at radius 2 is 1.94 bits per heavy atom. The average molecular weight is 247 g/mol. The summed E-state index contributed by atoms with van der Waals surface area (Å²) in [6.07, 6.45) is 3.51. The number of hydrogen-bond acceptors (Lipinski definition) is 2. The predicted molar refractivity (Wildman–Crippen MR) is 76.0 cm³/mol. The van der Waals surface area contributed by atoms with Gasteiger partial charge in [-0.1, -0.05) is 23.8 Å². The Bertz CT molecular complexity index is 389. The van der Waals surface area contributed by atoms with Crippen LogP contribution in [0.5, 0.6) is 0 Å². The maximum atomic E-state index is 5.53. The Hall–Kier alpha value is -0.860. The first kappa shape index (κ1) is 13.6. The van der Waals surface area contributed by atoms with Crippen molar-refractivity contribution >= 4 is 0 Å². The van der Waals surface area contributed by atoms with E-state index in [4.69, 9.17) is 4.74 Å². The summed E-state index contributed by atoms with van der Waals surface area (Å²) < 4.78 is 5.53. The van der Waals surface area contributed by atoms with Crippen molar-refractivity contribution < 1.29 is 4.74 Å². The van der Waals surface area contributed by atoms with Crippen molar-refractivity contribution in [3.63, 3.8) is 0 Å². The smallest absolute Gasteiger partial charge is 0.0471 e. The molecule has 0 radical (unpaired) electrons. The third-order valence-corrected chi connectivity index (χ3v) is 4.18. The van der Waals surface area contributed by atoms with Gasteiger partial charge in [-0.05, 0) is 56.7 Å². The molecule has 1 aromatic rings. The maximum absolute atomic E-state index is 5.53. The van der Waals surface area contributed by atoms with Gasteiger partial charge in [0.1, 0.15) is 0 Å². The molecule has 2 nitrogen and oxygen atoms in total. The van der Waals surface area contributed by atoms with Gasteiger partial charge in [0.15, 0.2) is 0 Å². The van der Waals surface area contributed by atoms with E-state index < -0.39 is 0 Å². The van der Waals surface area contributed by atoms with Gasteiger partial charge in [0.05, 0.1) is 0 Å². The summed E-state index contributed by atoms with van der Waals surface area (Å²) in [4.78, 5) is 0. The third-order valence-electron chi connectivity index (χ3n) is 4.18. The van der Waals surface area contributed by atoms with Crippen LogP contribution in [0.2, 0.25) is 0 Å². The number of ether oxygens (including phenoxy) is 1. The van der Waals surface area contributed by atoms with Crippen molar-refractivity contribution in [2.45, 2.75) is 33.1 Å². The van der Waals surface area contributed by atoms with Gasteiger partial charge in [-0.15, -0.1) is 0 Å². The van der Waals surface area contributed by atoms with Gasteiger partial charge < -0.3 is 10.1 Å². The lowest BCUT2D eigenvalue weighted by Crippen LogP contribution is -2.39. The zero-order valence-electron chi connectivity index (χ0n) is 11.9. The second kappa shape index (κ2) is 5.85. The molecule has 1 N–H and O–H groups in total. The molecule has 0 saturated carbocycles. The molecule has 0 spiro atoms. The number of nitrogens with one attached hydrogen (secondary N) is 1. The molecule has 0 aliphatic carbocycles. The highest BCUT2D eigenvalue weighted by atomic mass is 16.5. The Labute approximate surface area is 111 Å². The standard InChI is InChI=1S/C16H25NO/c1-13-4-5-14(2)15(10-13)11-16(12-17-3)6-8-18-9-7-16/h4-5,10,17H,6-9,11-12H2,1-3H3. The Morgan fingerprint density at radius 3 is 2.61 bits per heavy atom. The van der Waals surface area contributed by atoms with Crippen LogP contribution in [0.1, 0.15) is 29.5 Å². The second-order valence-electron chi connectivity index (χ2n) is 5.75. The predicted octanol–water partition coefficient (Wildman–Crippen LogP) is 2.86. The molecule has 18 heavy (non-hydrogen) atoms. The summed E-state index contributed by atoms with van der Waals surface area (Å²) in [5, 5.41) is 3.38. The Kier molecular flexibility index (Phi) is 4.41. The van der Waals surface area contributed by atoms with Gasteiger partial charge in [0, 0.05) is 19.8 Å². The number of aryl methyl sites for hydroxylation is 2. The van der Waals surface area contributed by atoms with Crippen molar-refractivity contribution in [3.05, 3.63) is 34.9 Å². The zero-order chi connectivity index (χ0) is 13.0. The van der Waals surface area contributed by atoms with Crippen LogP contribution in [0.15, 0.2) is 18.2 Å². The molecule has 100 valence electrons. The normalized spacial score (nSPS) is 18.8. The molecule has 2 heteroatoms. The average Bonchev–Trinajstić information content (AvgIpc) is 2.35. The van der Waals surface area contributed by atoms with Crippen LogP contribution in [-0.2, 0) is 11.2 Å². The number of hydrogen-bond donors (Lipinski definition) is 1. The molecule has 1 fully saturated rings. The lowest BCUT2D eigenvalue weighted by molar-refractivity contribution is 0.0157. The van der Waals surface area contributed by atoms with Crippen molar-refractivity contribution in [1.82, 2.24) is 5.32 Å². The second-order valence-corrected chi connectivity index (χ2v) is 5.75. The molecular weight excluding hydrogens is 222 g/mol. The van der Waals surface area contributed by atoms with Crippen LogP contribution < -0.4 is 5.32 Å². The summed E-state index contributed by atoms with van der Waals surface area (Å²) >= 11 is 0. The van der Waals surface area contributed by atoms with Crippen LogP contribution in [0.4, 0.5) is 0 Å². The minimum absolute atomic E-state index is 0.381. The van der Waals surface area contributed by atoms with Gasteiger partial charge >= 0.3 is 0 Å². The fourth-order valence-electron chi connectivity index (χ4n) is 2.99. The third kappa shape index (κ3) is 3.12. The topological polar surface area (TPSA) is 21.3 Å². The van der Waals surface area contributed by atoms with Gasteiger partial charge in [-0.3, -0.25) is 0 Å². The lowest BCUT2D eigenvalue weighted by atomic mass is 9.74. The summed E-state index contributed by atoms with van der Waals surface area (Å²) in [7, 11) is 2.06. The number of benzene rings is 1. The van der Waals surface area contributed by atoms with Gasteiger partial charge in [0.2, 0.25) is 0 Å². The highest BCUT2D eigenvalue weighted by Crippen LogP contribution is 2.34. The Morgan fingerprint density at radius 1 is 1.22 bits per heavy atom. The minimum atomic E-state index is 0.381. The van der Waals surface area contributed by atoms with Gasteiger partial charge in [-0.2, -0.15) is 0 Å². The van der Waals surface area contributed by atoms with E-state index >= 15 is 0 Å². The highest BCUT2D eigenvalue weighted by molar-refractivity contribution is 5.31. The fraction of sp³-hybridized carbons (Fsp3) is 0.625. The van der Waals surface area contributed by atoms with Crippen LogP contribution >= 0.6 is 0 Å². The molecule has 1 aliphatic rings. The molecular formula is C16H25NO. The molecule has 1 saturated heterocycles. The molecule has 1 aromatic carbocycles. The van der Waals surface area contributed by atoms with Gasteiger partial charge in [0.25, 0.3) is 0 Å². The molecule has 0 atom stereocenters. The molecule has 0 unspecified atom stereocenters. The first-order valence-electron chi connectivity index (χ1n) is 6.94. The summed E-state index contributed by atoms with van der Waals surface area (Å²) in [6.45, 7) is 7.31. The summed E-state index contributed by atoms with van der Waals surface area (Å²) in [5.41, 5.74) is 4.67. The van der Waals surface area contributed by atoms with Crippen molar-refractivity contribution in [2.24, 2.45) is 5.41 Å². The molecule has 1 heterocycles. The quantitative estimate of drug-likeness (QED) is 0.883. The van der Waals surface area contributed by atoms with Crippen molar-refractivity contribution in [2.75, 3.05) is 26.8 Å². The van der Waals surface area contributed by atoms with Crippen molar-refractivity contribution in [1.29, 1.82) is 0 Å². The lowest BCUT2D eigenvalue weighted by Gasteiger charge is -2.37. The van der Waals surface area contributed by atoms with Gasteiger partial charge in [-0.25, -0.2) is 0 Å². The molecule has 2 rings (SSSR count). The first-order chi connectivity index (χ1) is 8.65. The van der Waals surface area contributed by atoms with Crippen molar-refractivity contribution in [3.8, 4) is 0 Å². The zero-order valence-corrected chi connectivity index (χ0v) is 11.9. The van der Waals surface area contributed by atoms with Crippen LogP contribution in [0, 0.1) is 19.3 Å². The number of rotatable bonds is 4. The van der Waals surface area contributed by atoms with E-state index in [2.05, 4.69) is 44.4 Å². The van der Waals surface area contributed by atoms with E-state index in [1.807, 2.05) is 0 Å². The monoisotopic (exact) mass is 247 g/mol. The van der Waals surface area contributed by atoms with Crippen LogP contribution in [0.25, 0.3) is 0 Å². The van der Waals surface area contributed by atoms with E-state index in [-0.39, 0.29) is 0 Å². The van der Waals surface area contributed by atoms with Crippen LogP contribution in [-0.4, -0.2) is 26.8 Å². The van der Waals surface area contributed by atoms with E-state index in [9.17, 15) is 0 Å². The van der Waals surface area contributed by atoms with E-state index in [1.165, 1.54) is 36.0 Å². The minimum Gasteiger partial charge on any atom is -0.381 e. The molecule has 1 aliphatic heterocycles. The maximum Gasteiger partial charge on any atom is 0.0471 e. The first-order valence-corrected chi connectivity index (χ1v) is 6.94. The van der Waals surface area contributed by atoms with E-state index in [1.54, 1.807) is 0 Å². The van der Waals surface area contributed by atoms with Crippen LogP contribution in [0.3, 0.4) is 0 Å². The molecule has 0 aromatic heterocycles. The molecule has 0 amide bonds. The largest absolute Gasteiger partial charge is 0.381 e. The van der Waals surface area contributed by atoms with E-state index in [0.717, 1.165) is 19.8 Å². The Balaban J connectivity index is 2.19. The van der Waals surface area contributed by atoms with E-state index in [0.29, 0.717) is 5.41 Å².